The average molecular weight is 497 g/mol. The van der Waals surface area contributed by atoms with Crippen molar-refractivity contribution >= 4 is 23.7 Å². The molecule has 36 heavy (non-hydrogen) atoms. The van der Waals surface area contributed by atoms with Crippen molar-refractivity contribution in [1.29, 1.82) is 0 Å². The van der Waals surface area contributed by atoms with Crippen LogP contribution in [0.15, 0.2) is 36.4 Å². The zero-order valence-electron chi connectivity index (χ0n) is 20.2. The van der Waals surface area contributed by atoms with Crippen LogP contribution in [0.3, 0.4) is 0 Å². The summed E-state index contributed by atoms with van der Waals surface area (Å²) in [6, 6.07) is 11.5. The number of ether oxygens (including phenoxy) is 4. The first-order valence-electron chi connectivity index (χ1n) is 12.0. The molecule has 2 aromatic carbocycles. The minimum atomic E-state index is -1.12. The third-order valence-corrected chi connectivity index (χ3v) is 6.61. The normalized spacial score (nSPS) is 19.4. The maximum atomic E-state index is 12.5. The molecule has 10 heteroatoms. The Morgan fingerprint density at radius 2 is 1.69 bits per heavy atom. The van der Waals surface area contributed by atoms with Gasteiger partial charge in [0.1, 0.15) is 23.4 Å². The molecule has 2 saturated heterocycles. The summed E-state index contributed by atoms with van der Waals surface area (Å²) in [6.07, 6.45) is 0.506. The Bertz CT molecular complexity index is 1160. The molecule has 0 N–H and O–H groups in total. The largest absolute Gasteiger partial charge is 0.534 e. The molecule has 190 valence electrons. The number of fused-ring (bicyclic) bond motifs is 2. The number of imide groups is 1. The lowest BCUT2D eigenvalue weighted by molar-refractivity contribution is -0.178. The van der Waals surface area contributed by atoms with Gasteiger partial charge in [0.15, 0.2) is 6.79 Å². The molecule has 3 heterocycles. The number of hydrogen-bond acceptors (Lipinski definition) is 9. The van der Waals surface area contributed by atoms with Crippen molar-refractivity contribution in [3.63, 3.8) is 0 Å². The van der Waals surface area contributed by atoms with Crippen LogP contribution in [0.4, 0.5) is 10.5 Å². The van der Waals surface area contributed by atoms with Crippen LogP contribution in [0.1, 0.15) is 49.7 Å². The van der Waals surface area contributed by atoms with Gasteiger partial charge in [-0.3, -0.25) is 14.4 Å². The molecule has 0 aromatic heterocycles. The lowest BCUT2D eigenvalue weighted by Crippen LogP contribution is -2.34. The van der Waals surface area contributed by atoms with Gasteiger partial charge in [0, 0.05) is 62.0 Å². The van der Waals surface area contributed by atoms with Crippen LogP contribution in [0.25, 0.3) is 0 Å². The van der Waals surface area contributed by atoms with E-state index in [0.29, 0.717) is 22.3 Å². The predicted octanol–water partition coefficient (Wildman–Crippen LogP) is 4.11. The Labute approximate surface area is 208 Å². The summed E-state index contributed by atoms with van der Waals surface area (Å²) < 4.78 is 22.4. The maximum absolute atomic E-state index is 12.5. The van der Waals surface area contributed by atoms with Crippen molar-refractivity contribution < 1.29 is 38.2 Å². The Morgan fingerprint density at radius 1 is 1.03 bits per heavy atom. The fourth-order valence-electron chi connectivity index (χ4n) is 4.88. The van der Waals surface area contributed by atoms with E-state index in [1.165, 1.54) is 0 Å². The number of anilines is 1. The quantitative estimate of drug-likeness (QED) is 0.318. The first-order chi connectivity index (χ1) is 17.4. The summed E-state index contributed by atoms with van der Waals surface area (Å²) in [4.78, 5) is 43.4. The van der Waals surface area contributed by atoms with Gasteiger partial charge in [0.2, 0.25) is 0 Å². The molecule has 2 aromatic rings. The first-order valence-corrected chi connectivity index (χ1v) is 12.0. The lowest BCUT2D eigenvalue weighted by Gasteiger charge is -2.33. The molecule has 2 unspecified atom stereocenters. The number of rotatable bonds is 7. The van der Waals surface area contributed by atoms with Gasteiger partial charge in [-0.2, -0.15) is 0 Å². The highest BCUT2D eigenvalue weighted by molar-refractivity contribution is 6.01. The van der Waals surface area contributed by atoms with E-state index >= 15 is 0 Å². The van der Waals surface area contributed by atoms with Gasteiger partial charge in [-0.15, -0.1) is 0 Å². The van der Waals surface area contributed by atoms with Gasteiger partial charge in [0.05, 0.1) is 5.92 Å². The highest BCUT2D eigenvalue weighted by atomic mass is 16.8. The third-order valence-electron chi connectivity index (χ3n) is 6.61. The molecule has 0 bridgehead atoms. The maximum Gasteiger partial charge on any atom is 0.534 e. The second-order valence-electron chi connectivity index (χ2n) is 8.99. The highest BCUT2D eigenvalue weighted by Gasteiger charge is 2.37. The molecule has 0 saturated carbocycles. The number of amides is 2. The SMILES string of the molecule is COCOc1ccc2c(c1)Oc1cc(N3CCCC3)ccc1C2C(C)OC(=O)ON1C(=O)CCC1=O. The molecule has 2 amide bonds. The first kappa shape index (κ1) is 23.9. The van der Waals surface area contributed by atoms with Gasteiger partial charge in [-0.1, -0.05) is 17.2 Å². The van der Waals surface area contributed by atoms with Crippen molar-refractivity contribution in [2.24, 2.45) is 0 Å². The van der Waals surface area contributed by atoms with E-state index in [-0.39, 0.29) is 25.6 Å². The zero-order chi connectivity index (χ0) is 25.2. The van der Waals surface area contributed by atoms with Crippen molar-refractivity contribution in [2.75, 3.05) is 31.9 Å². The van der Waals surface area contributed by atoms with E-state index in [0.717, 1.165) is 42.7 Å². The van der Waals surface area contributed by atoms with Crippen LogP contribution in [0.2, 0.25) is 0 Å². The molecule has 0 aliphatic carbocycles. The van der Waals surface area contributed by atoms with E-state index in [9.17, 15) is 14.4 Å². The standard InChI is InChI=1S/C26H28N2O8/c1-16(34-26(31)36-28-23(29)9-10-24(28)30)25-19-7-5-17(27-11-3-4-12-27)13-21(19)35-22-14-18(33-15-32-2)6-8-20(22)25/h5-8,13-14,16,25H,3-4,9-12,15H2,1-2H3. The summed E-state index contributed by atoms with van der Waals surface area (Å²) >= 11 is 0. The van der Waals surface area contributed by atoms with Crippen LogP contribution < -0.4 is 14.4 Å². The minimum Gasteiger partial charge on any atom is -0.467 e. The van der Waals surface area contributed by atoms with Crippen molar-refractivity contribution in [2.45, 2.75) is 44.6 Å². The number of methoxy groups -OCH3 is 1. The highest BCUT2D eigenvalue weighted by Crippen LogP contribution is 2.48. The Hall–Kier alpha value is -3.79. The number of hydroxylamine groups is 2. The molecule has 10 nitrogen and oxygen atoms in total. The van der Waals surface area contributed by atoms with E-state index in [1.807, 2.05) is 24.3 Å². The van der Waals surface area contributed by atoms with E-state index in [1.54, 1.807) is 26.2 Å². The molecular formula is C26H28N2O8. The van der Waals surface area contributed by atoms with Crippen molar-refractivity contribution in [3.05, 3.63) is 47.5 Å². The Balaban J connectivity index is 1.43. The van der Waals surface area contributed by atoms with Gasteiger partial charge in [-0.25, -0.2) is 4.79 Å². The third kappa shape index (κ3) is 4.68. The number of carbonyl (C=O) groups is 3. The molecule has 0 spiro atoms. The molecule has 2 fully saturated rings. The fraction of sp³-hybridized carbons (Fsp3) is 0.423. The van der Waals surface area contributed by atoms with Crippen molar-refractivity contribution in [3.8, 4) is 17.2 Å². The lowest BCUT2D eigenvalue weighted by atomic mass is 9.84. The minimum absolute atomic E-state index is 0.00914. The van der Waals surface area contributed by atoms with E-state index in [2.05, 4.69) is 4.90 Å². The summed E-state index contributed by atoms with van der Waals surface area (Å²) in [5, 5.41) is 0.475. The Morgan fingerprint density at radius 3 is 2.39 bits per heavy atom. The summed E-state index contributed by atoms with van der Waals surface area (Å²) in [5.74, 6) is 0.301. The average Bonchev–Trinajstić information content (AvgIpc) is 3.52. The summed E-state index contributed by atoms with van der Waals surface area (Å²) in [6.45, 7) is 3.82. The molecule has 0 radical (unpaired) electrons. The summed E-state index contributed by atoms with van der Waals surface area (Å²) in [5.41, 5.74) is 2.72. The monoisotopic (exact) mass is 496 g/mol. The van der Waals surface area contributed by atoms with Gasteiger partial charge < -0.3 is 23.8 Å². The number of nitrogens with zero attached hydrogens (tertiary/aromatic N) is 2. The topological polar surface area (TPSA) is 104 Å². The van der Waals surface area contributed by atoms with E-state index in [4.69, 9.17) is 23.8 Å². The molecule has 3 aliphatic rings. The number of hydrogen-bond donors (Lipinski definition) is 0. The molecule has 3 aliphatic heterocycles. The van der Waals surface area contributed by atoms with Crippen LogP contribution in [-0.2, 0) is 23.9 Å². The second kappa shape index (κ2) is 10.1. The molecule has 5 rings (SSSR count). The molecule has 2 atom stereocenters. The predicted molar refractivity (Wildman–Crippen MR) is 127 cm³/mol. The zero-order valence-corrected chi connectivity index (χ0v) is 20.2. The van der Waals surface area contributed by atoms with Crippen LogP contribution in [0, 0.1) is 0 Å². The smallest absolute Gasteiger partial charge is 0.467 e. The fourth-order valence-corrected chi connectivity index (χ4v) is 4.88. The van der Waals surface area contributed by atoms with Crippen LogP contribution in [0.5, 0.6) is 17.2 Å². The van der Waals surface area contributed by atoms with Crippen LogP contribution >= 0.6 is 0 Å². The number of benzene rings is 2. The number of carbonyl (C=O) groups excluding carboxylic acids is 3. The van der Waals surface area contributed by atoms with E-state index < -0.39 is 24.1 Å². The van der Waals surface area contributed by atoms with Gasteiger partial charge in [0.25, 0.3) is 11.8 Å². The van der Waals surface area contributed by atoms with Gasteiger partial charge in [-0.05, 0) is 31.9 Å². The van der Waals surface area contributed by atoms with Gasteiger partial charge >= 0.3 is 6.16 Å². The second-order valence-corrected chi connectivity index (χ2v) is 8.99. The molecular weight excluding hydrogens is 468 g/mol. The van der Waals surface area contributed by atoms with Crippen molar-refractivity contribution in [1.82, 2.24) is 5.06 Å². The summed E-state index contributed by atoms with van der Waals surface area (Å²) in [7, 11) is 1.54. The Kier molecular flexibility index (Phi) is 6.69. The van der Waals surface area contributed by atoms with Crippen LogP contribution in [-0.4, -0.2) is 56.1 Å².